The van der Waals surface area contributed by atoms with E-state index in [1.165, 1.54) is 11.1 Å². The Morgan fingerprint density at radius 2 is 1.83 bits per heavy atom. The van der Waals surface area contributed by atoms with E-state index in [1.54, 1.807) is 11.2 Å². The van der Waals surface area contributed by atoms with E-state index >= 15 is 0 Å². The molecule has 0 N–H and O–H groups in total. The van der Waals surface area contributed by atoms with Gasteiger partial charge in [-0.1, -0.05) is 23.8 Å². The number of unbranched alkanes of at least 4 members (excludes halogenated alkanes) is 1. The van der Waals surface area contributed by atoms with Crippen LogP contribution in [-0.2, 0) is 4.74 Å². The van der Waals surface area contributed by atoms with Crippen LogP contribution < -0.4 is 0 Å². The Bertz CT molecular complexity index is 552. The summed E-state index contributed by atoms with van der Waals surface area (Å²) in [4.78, 5) is 14.1. The molecule has 0 fully saturated rings. The first-order valence-electron chi connectivity index (χ1n) is 8.22. The second-order valence-electron chi connectivity index (χ2n) is 6.06. The third-order valence-electron chi connectivity index (χ3n) is 3.70. The average molecular weight is 315 g/mol. The van der Waals surface area contributed by atoms with Crippen molar-refractivity contribution in [2.24, 2.45) is 0 Å². The van der Waals surface area contributed by atoms with Crippen LogP contribution in [0.15, 0.2) is 47.9 Å². The van der Waals surface area contributed by atoms with Crippen LogP contribution in [0, 0.1) is 6.92 Å². The van der Waals surface area contributed by atoms with E-state index in [9.17, 15) is 4.79 Å². The molecule has 23 heavy (non-hydrogen) atoms. The fraction of sp³-hybridized carbons (Fsp3) is 0.450. The van der Waals surface area contributed by atoms with Crippen LogP contribution in [0.25, 0.3) is 0 Å². The number of amides is 1. The largest absolute Gasteiger partial charge is 0.470 e. The molecule has 0 aliphatic carbocycles. The lowest BCUT2D eigenvalue weighted by Gasteiger charge is -2.17. The highest BCUT2D eigenvalue weighted by Crippen LogP contribution is 2.15. The van der Waals surface area contributed by atoms with Crippen molar-refractivity contribution < 1.29 is 9.53 Å². The Hall–Kier alpha value is -2.03. The Kier molecular flexibility index (Phi) is 8.17. The lowest BCUT2D eigenvalue weighted by molar-refractivity contribution is 0.0792. The number of hydrogen-bond donors (Lipinski definition) is 0. The van der Waals surface area contributed by atoms with Gasteiger partial charge < -0.3 is 9.64 Å². The summed E-state index contributed by atoms with van der Waals surface area (Å²) in [7, 11) is 1.86. The van der Waals surface area contributed by atoms with Crippen molar-refractivity contribution in [2.75, 3.05) is 13.6 Å². The maximum absolute atomic E-state index is 12.3. The van der Waals surface area contributed by atoms with Gasteiger partial charge in [-0.25, -0.2) is 0 Å². The van der Waals surface area contributed by atoms with Gasteiger partial charge in [-0.2, -0.15) is 0 Å². The molecule has 0 aliphatic heterocycles. The van der Waals surface area contributed by atoms with Gasteiger partial charge in [0.2, 0.25) is 0 Å². The van der Waals surface area contributed by atoms with E-state index in [1.807, 2.05) is 51.2 Å². The van der Waals surface area contributed by atoms with Gasteiger partial charge in [0.15, 0.2) is 0 Å². The zero-order valence-corrected chi connectivity index (χ0v) is 15.1. The fourth-order valence-electron chi connectivity index (χ4n) is 2.23. The number of allylic oxidation sites excluding steroid dienone is 3. The van der Waals surface area contributed by atoms with Crippen LogP contribution >= 0.6 is 0 Å². The molecule has 126 valence electrons. The van der Waals surface area contributed by atoms with Crippen molar-refractivity contribution in [1.82, 2.24) is 4.90 Å². The minimum atomic E-state index is 0.0811. The minimum absolute atomic E-state index is 0.0811. The van der Waals surface area contributed by atoms with Crippen molar-refractivity contribution in [3.63, 3.8) is 0 Å². The highest BCUT2D eigenvalue weighted by Gasteiger charge is 2.11. The summed E-state index contributed by atoms with van der Waals surface area (Å²) in [5.41, 5.74) is 3.12. The van der Waals surface area contributed by atoms with Crippen LogP contribution in [0.3, 0.4) is 0 Å². The van der Waals surface area contributed by atoms with Gasteiger partial charge in [0.1, 0.15) is 5.76 Å². The molecule has 0 heterocycles. The summed E-state index contributed by atoms with van der Waals surface area (Å²) >= 11 is 0. The topological polar surface area (TPSA) is 29.5 Å². The summed E-state index contributed by atoms with van der Waals surface area (Å²) in [5, 5.41) is 0. The summed E-state index contributed by atoms with van der Waals surface area (Å²) < 4.78 is 5.61. The molecular formula is C20H29NO2. The monoisotopic (exact) mass is 315 g/mol. The van der Waals surface area contributed by atoms with Crippen molar-refractivity contribution in [1.29, 1.82) is 0 Å². The van der Waals surface area contributed by atoms with Crippen LogP contribution in [0.1, 0.15) is 56.0 Å². The molecule has 3 nitrogen and oxygen atoms in total. The lowest BCUT2D eigenvalue weighted by atomic mass is 10.1. The second-order valence-corrected chi connectivity index (χ2v) is 6.06. The summed E-state index contributed by atoms with van der Waals surface area (Å²) in [6.45, 7) is 8.84. The first kappa shape index (κ1) is 19.0. The molecule has 1 amide bonds. The minimum Gasteiger partial charge on any atom is -0.470 e. The van der Waals surface area contributed by atoms with Gasteiger partial charge >= 0.3 is 0 Å². The number of hydrogen-bond acceptors (Lipinski definition) is 2. The van der Waals surface area contributed by atoms with Gasteiger partial charge in [0, 0.05) is 25.6 Å². The van der Waals surface area contributed by atoms with Crippen LogP contribution in [0.2, 0.25) is 0 Å². The lowest BCUT2D eigenvalue weighted by Crippen LogP contribution is -2.27. The van der Waals surface area contributed by atoms with Crippen molar-refractivity contribution >= 4 is 5.91 Å². The highest BCUT2D eigenvalue weighted by atomic mass is 16.5. The zero-order valence-electron chi connectivity index (χ0n) is 15.1. The van der Waals surface area contributed by atoms with Crippen molar-refractivity contribution in [3.8, 4) is 0 Å². The molecule has 3 heteroatoms. The first-order valence-corrected chi connectivity index (χ1v) is 8.22. The quantitative estimate of drug-likeness (QED) is 0.494. The van der Waals surface area contributed by atoms with Gasteiger partial charge in [0.25, 0.3) is 5.91 Å². The third kappa shape index (κ3) is 6.72. The normalized spacial score (nSPS) is 10.7. The molecule has 0 spiro atoms. The SMILES string of the molecule is C/C=C\OC(CCCCN(C)C(=O)c1ccc(C)cc1)=C(C)C. The molecule has 1 rings (SSSR count). The zero-order chi connectivity index (χ0) is 17.2. The summed E-state index contributed by atoms with van der Waals surface area (Å²) in [6, 6.07) is 7.72. The smallest absolute Gasteiger partial charge is 0.253 e. The molecule has 0 radical (unpaired) electrons. The van der Waals surface area contributed by atoms with E-state index in [0.29, 0.717) is 0 Å². The van der Waals surface area contributed by atoms with E-state index < -0.39 is 0 Å². The second kappa shape index (κ2) is 9.88. The van der Waals surface area contributed by atoms with E-state index in [2.05, 4.69) is 13.8 Å². The molecule has 1 aromatic carbocycles. The number of benzene rings is 1. The van der Waals surface area contributed by atoms with Gasteiger partial charge in [-0.15, -0.1) is 0 Å². The van der Waals surface area contributed by atoms with Crippen LogP contribution in [0.5, 0.6) is 0 Å². The number of aryl methyl sites for hydroxylation is 1. The van der Waals surface area contributed by atoms with Gasteiger partial charge in [-0.05, 0) is 58.2 Å². The fourth-order valence-corrected chi connectivity index (χ4v) is 2.23. The number of rotatable bonds is 8. The van der Waals surface area contributed by atoms with Crippen molar-refractivity contribution in [3.05, 3.63) is 59.1 Å². The maximum Gasteiger partial charge on any atom is 0.253 e. The molecular weight excluding hydrogens is 286 g/mol. The number of carbonyl (C=O) groups excluding carboxylic acids is 1. The predicted octanol–water partition coefficient (Wildman–Crippen LogP) is 5.08. The van der Waals surface area contributed by atoms with Crippen molar-refractivity contribution in [2.45, 2.75) is 47.0 Å². The molecule has 0 saturated heterocycles. The predicted molar refractivity (Wildman–Crippen MR) is 96.3 cm³/mol. The number of ether oxygens (including phenoxy) is 1. The summed E-state index contributed by atoms with van der Waals surface area (Å²) in [6.07, 6.45) is 6.47. The Balaban J connectivity index is 2.41. The Labute approximate surface area is 140 Å². The van der Waals surface area contributed by atoms with Crippen LogP contribution in [0.4, 0.5) is 0 Å². The molecule has 0 unspecified atom stereocenters. The third-order valence-corrected chi connectivity index (χ3v) is 3.70. The van der Waals surface area contributed by atoms with E-state index in [0.717, 1.165) is 37.1 Å². The number of nitrogens with zero attached hydrogens (tertiary/aromatic N) is 1. The average Bonchev–Trinajstić information content (AvgIpc) is 2.53. The van der Waals surface area contributed by atoms with Gasteiger partial charge in [-0.3, -0.25) is 4.79 Å². The Morgan fingerprint density at radius 3 is 2.39 bits per heavy atom. The van der Waals surface area contributed by atoms with Gasteiger partial charge in [0.05, 0.1) is 6.26 Å². The molecule has 0 atom stereocenters. The number of carbonyl (C=O) groups is 1. The highest BCUT2D eigenvalue weighted by molar-refractivity contribution is 5.94. The standard InChI is InChI=1S/C20H29NO2/c1-6-15-23-19(16(2)3)9-7-8-14-21(5)20(22)18-12-10-17(4)11-13-18/h6,10-13,15H,7-9,14H2,1-5H3/b15-6-. The van der Waals surface area contributed by atoms with Crippen LogP contribution in [-0.4, -0.2) is 24.4 Å². The first-order chi connectivity index (χ1) is 11.0. The molecule has 1 aromatic rings. The molecule has 0 saturated carbocycles. The molecule has 0 bridgehead atoms. The molecule has 0 aromatic heterocycles. The van der Waals surface area contributed by atoms with E-state index in [4.69, 9.17) is 4.74 Å². The Morgan fingerprint density at radius 1 is 1.17 bits per heavy atom. The van der Waals surface area contributed by atoms with E-state index in [-0.39, 0.29) is 5.91 Å². The summed E-state index contributed by atoms with van der Waals surface area (Å²) in [5.74, 6) is 1.10. The molecule has 0 aliphatic rings. The maximum atomic E-state index is 12.3.